The van der Waals surface area contributed by atoms with Gasteiger partial charge in [0.05, 0.1) is 10.8 Å². The molecule has 0 rings (SSSR count). The fourth-order valence-electron chi connectivity index (χ4n) is 0.723. The van der Waals surface area contributed by atoms with Crippen molar-refractivity contribution in [2.75, 3.05) is 0 Å². The van der Waals surface area contributed by atoms with Gasteiger partial charge in [-0.2, -0.15) is 16.8 Å². The average Bonchev–Trinajstić information content (AvgIpc) is 2.13. The van der Waals surface area contributed by atoms with E-state index in [0.717, 1.165) is 0 Å². The molecule has 0 atom stereocenters. The highest BCUT2D eigenvalue weighted by Crippen LogP contribution is 2.10. The second-order valence-corrected chi connectivity index (χ2v) is 6.17. The molecule has 0 aromatic rings. The number of hydrogen-bond donors (Lipinski definition) is 0. The molecule has 0 unspecified atom stereocenters. The van der Waals surface area contributed by atoms with E-state index >= 15 is 0 Å². The fraction of sp³-hybridized carbons (Fsp3) is 0.200. The zero-order valence-electron chi connectivity index (χ0n) is 9.58. The predicted molar refractivity (Wildman–Crippen MR) is 66.8 cm³/mol. The van der Waals surface area contributed by atoms with E-state index in [0.29, 0.717) is 10.8 Å². The molecule has 5 nitrogen and oxygen atoms in total. The first-order valence-corrected chi connectivity index (χ1v) is 7.39. The van der Waals surface area contributed by atoms with Crippen molar-refractivity contribution in [3.63, 3.8) is 0 Å². The molecule has 0 fully saturated rings. The standard InChI is InChI=1S/C10H14O5S2/c1-5-9(3)7-16(11,12)15-17(13,14)8-10(4)6-2/h5-8H,1-2H2,3-4H3. The minimum absolute atomic E-state index is 0.268. The van der Waals surface area contributed by atoms with Gasteiger partial charge in [-0.25, -0.2) is 0 Å². The van der Waals surface area contributed by atoms with E-state index in [2.05, 4.69) is 16.8 Å². The van der Waals surface area contributed by atoms with Crippen LogP contribution in [0, 0.1) is 0 Å². The molecule has 0 spiro atoms. The van der Waals surface area contributed by atoms with Crippen LogP contribution in [0.25, 0.3) is 0 Å². The fourth-order valence-corrected chi connectivity index (χ4v) is 3.20. The van der Waals surface area contributed by atoms with E-state index < -0.39 is 20.2 Å². The van der Waals surface area contributed by atoms with Crippen LogP contribution in [0.5, 0.6) is 0 Å². The molecule has 0 N–H and O–H groups in total. The second kappa shape index (κ2) is 5.95. The number of hydrogen-bond acceptors (Lipinski definition) is 5. The van der Waals surface area contributed by atoms with Crippen molar-refractivity contribution < 1.29 is 20.5 Å². The molecular formula is C10H14O5S2. The maximum atomic E-state index is 11.3. The molecule has 0 heterocycles. The first-order valence-electron chi connectivity index (χ1n) is 4.44. The molecule has 96 valence electrons. The number of rotatable bonds is 6. The Labute approximate surface area is 102 Å². The zero-order chi connectivity index (χ0) is 13.7. The van der Waals surface area contributed by atoms with Crippen LogP contribution in [0.1, 0.15) is 13.8 Å². The van der Waals surface area contributed by atoms with Gasteiger partial charge in [0.15, 0.2) is 0 Å². The van der Waals surface area contributed by atoms with Gasteiger partial charge in [-0.1, -0.05) is 25.3 Å². The van der Waals surface area contributed by atoms with Crippen LogP contribution < -0.4 is 0 Å². The molecule has 0 aromatic carbocycles. The van der Waals surface area contributed by atoms with Gasteiger partial charge in [-0.3, -0.25) is 0 Å². The van der Waals surface area contributed by atoms with Crippen LogP contribution >= 0.6 is 0 Å². The molecule has 0 aliphatic rings. The summed E-state index contributed by atoms with van der Waals surface area (Å²) in [5.74, 6) is 0. The lowest BCUT2D eigenvalue weighted by atomic mass is 10.4. The Morgan fingerprint density at radius 1 is 0.882 bits per heavy atom. The number of allylic oxidation sites excluding steroid dienone is 4. The quantitative estimate of drug-likeness (QED) is 0.693. The first-order chi connectivity index (χ1) is 7.62. The van der Waals surface area contributed by atoms with E-state index in [9.17, 15) is 16.8 Å². The van der Waals surface area contributed by atoms with E-state index in [4.69, 9.17) is 0 Å². The summed E-state index contributed by atoms with van der Waals surface area (Å²) in [4.78, 5) is 0. The second-order valence-electron chi connectivity index (χ2n) is 3.19. The van der Waals surface area contributed by atoms with Gasteiger partial charge in [0, 0.05) is 0 Å². The van der Waals surface area contributed by atoms with Crippen molar-refractivity contribution in [2.24, 2.45) is 0 Å². The Bertz CT molecular complexity index is 510. The van der Waals surface area contributed by atoms with Crippen LogP contribution in [0.2, 0.25) is 0 Å². The minimum atomic E-state index is -4.30. The summed E-state index contributed by atoms with van der Waals surface area (Å²) in [6.07, 6.45) is 2.52. The van der Waals surface area contributed by atoms with E-state index in [1.54, 1.807) is 0 Å². The summed E-state index contributed by atoms with van der Waals surface area (Å²) >= 11 is 0. The smallest absolute Gasteiger partial charge is 0.193 e. The van der Waals surface area contributed by atoms with Crippen molar-refractivity contribution in [1.82, 2.24) is 0 Å². The molecule has 0 aromatic heterocycles. The molecule has 0 saturated heterocycles. The van der Waals surface area contributed by atoms with Crippen LogP contribution in [0.4, 0.5) is 0 Å². The summed E-state index contributed by atoms with van der Waals surface area (Å²) in [6, 6.07) is 0. The molecule has 0 aliphatic heterocycles. The zero-order valence-corrected chi connectivity index (χ0v) is 11.2. The average molecular weight is 278 g/mol. The lowest BCUT2D eigenvalue weighted by Gasteiger charge is -2.00. The molecule has 0 bridgehead atoms. The van der Waals surface area contributed by atoms with Crippen molar-refractivity contribution >= 4 is 20.2 Å². The van der Waals surface area contributed by atoms with E-state index in [-0.39, 0.29) is 11.1 Å². The molecule has 17 heavy (non-hydrogen) atoms. The molecule has 0 amide bonds. The molecule has 0 radical (unpaired) electrons. The van der Waals surface area contributed by atoms with Crippen molar-refractivity contribution in [2.45, 2.75) is 13.8 Å². The Kier molecular flexibility index (Phi) is 5.53. The highest BCUT2D eigenvalue weighted by atomic mass is 32.3. The SMILES string of the molecule is C=CC(C)=CS(=O)(=O)OS(=O)(=O)C=C(C)C=C. The first kappa shape index (κ1) is 15.8. The maximum Gasteiger partial charge on any atom is 0.305 e. The summed E-state index contributed by atoms with van der Waals surface area (Å²) in [5.41, 5.74) is 0.536. The lowest BCUT2D eigenvalue weighted by molar-refractivity contribution is 0.476. The largest absolute Gasteiger partial charge is 0.305 e. The van der Waals surface area contributed by atoms with E-state index in [1.807, 2.05) is 0 Å². The van der Waals surface area contributed by atoms with Crippen LogP contribution in [-0.2, 0) is 23.9 Å². The van der Waals surface area contributed by atoms with Gasteiger partial charge >= 0.3 is 20.2 Å². The normalized spacial score (nSPS) is 14.5. The summed E-state index contributed by atoms with van der Waals surface area (Å²) in [6.45, 7) is 9.58. The summed E-state index contributed by atoms with van der Waals surface area (Å²) < 4.78 is 49.3. The Morgan fingerprint density at radius 3 is 1.41 bits per heavy atom. The van der Waals surface area contributed by atoms with Crippen LogP contribution in [0.15, 0.2) is 47.3 Å². The minimum Gasteiger partial charge on any atom is -0.193 e. The summed E-state index contributed by atoms with van der Waals surface area (Å²) in [7, 11) is -8.61. The molecule has 7 heteroatoms. The predicted octanol–water partition coefficient (Wildman–Crippen LogP) is 1.84. The van der Waals surface area contributed by atoms with Gasteiger partial charge in [0.25, 0.3) is 0 Å². The highest BCUT2D eigenvalue weighted by Gasteiger charge is 2.18. The molecular weight excluding hydrogens is 264 g/mol. The summed E-state index contributed by atoms with van der Waals surface area (Å²) in [5, 5.41) is 1.35. The third kappa shape index (κ3) is 6.88. The monoisotopic (exact) mass is 278 g/mol. The van der Waals surface area contributed by atoms with Crippen LogP contribution in [-0.4, -0.2) is 16.8 Å². The highest BCUT2D eigenvalue weighted by molar-refractivity contribution is 8.02. The van der Waals surface area contributed by atoms with Gasteiger partial charge in [-0.05, 0) is 25.0 Å². The topological polar surface area (TPSA) is 77.5 Å². The lowest BCUT2D eigenvalue weighted by Crippen LogP contribution is -2.09. The van der Waals surface area contributed by atoms with Gasteiger partial charge in [0.1, 0.15) is 0 Å². The van der Waals surface area contributed by atoms with Crippen molar-refractivity contribution in [1.29, 1.82) is 0 Å². The van der Waals surface area contributed by atoms with Crippen molar-refractivity contribution in [3.05, 3.63) is 47.3 Å². The Hall–Kier alpha value is -1.18. The molecule has 0 aliphatic carbocycles. The van der Waals surface area contributed by atoms with Crippen LogP contribution in [0.3, 0.4) is 0 Å². The van der Waals surface area contributed by atoms with Gasteiger partial charge < -0.3 is 0 Å². The third-order valence-electron chi connectivity index (χ3n) is 1.49. The maximum absolute atomic E-state index is 11.3. The third-order valence-corrected chi connectivity index (χ3v) is 4.33. The van der Waals surface area contributed by atoms with Gasteiger partial charge in [-0.15, -0.1) is 3.63 Å². The molecule has 0 saturated carbocycles. The van der Waals surface area contributed by atoms with Crippen molar-refractivity contribution in [3.8, 4) is 0 Å². The van der Waals surface area contributed by atoms with E-state index in [1.165, 1.54) is 26.0 Å². The Morgan fingerprint density at radius 2 is 1.18 bits per heavy atom. The van der Waals surface area contributed by atoms with Gasteiger partial charge in [0.2, 0.25) is 0 Å². The Balaban J connectivity index is 5.24.